The number of carbonyl (C=O) groups is 5. The van der Waals surface area contributed by atoms with Crippen molar-refractivity contribution in [3.05, 3.63) is 58.7 Å². The van der Waals surface area contributed by atoms with Gasteiger partial charge in [0.25, 0.3) is 0 Å². The minimum absolute atomic E-state index is 0.0998. The number of Topliss-reactive ketones (excluding diaryl/α,β-unsaturated/α-hetero) is 1. The van der Waals surface area contributed by atoms with E-state index < -0.39 is 34.6 Å². The van der Waals surface area contributed by atoms with Crippen LogP contribution in [0.15, 0.2) is 53.1 Å². The van der Waals surface area contributed by atoms with Crippen LogP contribution >= 0.6 is 0 Å². The smallest absolute Gasteiger partial charge is 0.409 e. The van der Waals surface area contributed by atoms with Crippen LogP contribution in [0.2, 0.25) is 0 Å². The van der Waals surface area contributed by atoms with E-state index in [2.05, 4.69) is 12.2 Å². The van der Waals surface area contributed by atoms with Gasteiger partial charge in [-0.25, -0.2) is 14.4 Å². The van der Waals surface area contributed by atoms with E-state index in [1.165, 1.54) is 11.1 Å². The fraction of sp³-hybridized carbons (Fsp3) is 0.595. The van der Waals surface area contributed by atoms with Crippen LogP contribution in [0.1, 0.15) is 110 Å². The monoisotopic (exact) mass is 633 g/mol. The number of hydrogen-bond donors (Lipinski definition) is 3. The van der Waals surface area contributed by atoms with Gasteiger partial charge in [0.05, 0.1) is 0 Å². The average Bonchev–Trinajstić information content (AvgIpc) is 3.34. The number of aliphatic carboxylic acids is 2. The second kappa shape index (κ2) is 13.2. The van der Waals surface area contributed by atoms with E-state index >= 15 is 0 Å². The summed E-state index contributed by atoms with van der Waals surface area (Å²) in [4.78, 5) is 63.6. The molecule has 46 heavy (non-hydrogen) atoms. The first-order valence-electron chi connectivity index (χ1n) is 16.9. The average molecular weight is 634 g/mol. The van der Waals surface area contributed by atoms with Crippen LogP contribution in [0, 0.1) is 23.2 Å². The SMILES string of the molecule is CCC(CC)(OC(=O)NC(CCCC[C@H]1C[C@]2(C)C(=O)CC[C@H]2[C@@H]2CCC3=CC(=O)CCC3=C12)(C(=O)O)C(=O)O)c1ccccc1. The van der Waals surface area contributed by atoms with Crippen LogP contribution in [0.4, 0.5) is 4.79 Å². The Labute approximate surface area is 270 Å². The first-order chi connectivity index (χ1) is 21.9. The third-order valence-electron chi connectivity index (χ3n) is 11.7. The summed E-state index contributed by atoms with van der Waals surface area (Å²) in [7, 11) is 0. The quantitative estimate of drug-likeness (QED) is 0.166. The van der Waals surface area contributed by atoms with Crippen molar-refractivity contribution < 1.29 is 38.9 Å². The molecule has 1 amide bonds. The first kappa shape index (κ1) is 33.6. The van der Waals surface area contributed by atoms with Gasteiger partial charge in [0, 0.05) is 18.3 Å². The van der Waals surface area contributed by atoms with E-state index in [0.29, 0.717) is 56.1 Å². The van der Waals surface area contributed by atoms with Gasteiger partial charge in [-0.3, -0.25) is 14.9 Å². The van der Waals surface area contributed by atoms with Crippen molar-refractivity contribution in [1.29, 1.82) is 0 Å². The third kappa shape index (κ3) is 5.93. The summed E-state index contributed by atoms with van der Waals surface area (Å²) in [6.45, 7) is 5.82. The van der Waals surface area contributed by atoms with Crippen LogP contribution in [0.5, 0.6) is 0 Å². The lowest BCUT2D eigenvalue weighted by Gasteiger charge is -2.50. The topological polar surface area (TPSA) is 147 Å². The number of carboxylic acid groups (broad SMARTS) is 2. The van der Waals surface area contributed by atoms with Gasteiger partial charge in [0.2, 0.25) is 5.54 Å². The molecular formula is C37H47NO8. The molecule has 1 aromatic carbocycles. The molecule has 0 bridgehead atoms. The van der Waals surface area contributed by atoms with Crippen LogP contribution in [-0.4, -0.2) is 45.4 Å². The first-order valence-corrected chi connectivity index (χ1v) is 16.9. The largest absolute Gasteiger partial charge is 0.479 e. The molecule has 0 unspecified atom stereocenters. The van der Waals surface area contributed by atoms with E-state index in [1.807, 2.05) is 44.2 Å². The molecule has 2 saturated carbocycles. The predicted octanol–water partition coefficient (Wildman–Crippen LogP) is 6.90. The number of amides is 1. The Kier molecular flexibility index (Phi) is 9.62. The Hall–Kier alpha value is -3.75. The van der Waals surface area contributed by atoms with Crippen molar-refractivity contribution in [2.24, 2.45) is 23.2 Å². The highest BCUT2D eigenvalue weighted by Gasteiger charge is 2.56. The molecule has 0 aromatic heterocycles. The maximum absolute atomic E-state index is 13.2. The number of fused-ring (bicyclic) bond motifs is 4. The molecule has 0 saturated heterocycles. The van der Waals surface area contributed by atoms with E-state index in [4.69, 9.17) is 4.74 Å². The molecule has 4 atom stereocenters. The van der Waals surface area contributed by atoms with Gasteiger partial charge in [-0.15, -0.1) is 0 Å². The molecule has 2 fully saturated rings. The number of alkyl carbamates (subject to hydrolysis) is 1. The van der Waals surface area contributed by atoms with Gasteiger partial charge in [0.15, 0.2) is 5.78 Å². The number of nitrogens with one attached hydrogen (secondary N) is 1. The Morgan fingerprint density at radius 2 is 1.65 bits per heavy atom. The zero-order chi connectivity index (χ0) is 33.3. The van der Waals surface area contributed by atoms with Crippen molar-refractivity contribution >= 4 is 29.6 Å². The van der Waals surface area contributed by atoms with Crippen LogP contribution < -0.4 is 5.32 Å². The number of carboxylic acids is 2. The normalized spacial score (nSPS) is 26.1. The van der Waals surface area contributed by atoms with Crippen molar-refractivity contribution in [1.82, 2.24) is 5.32 Å². The summed E-state index contributed by atoms with van der Waals surface area (Å²) in [5, 5.41) is 22.6. The van der Waals surface area contributed by atoms with Gasteiger partial charge in [-0.2, -0.15) is 0 Å². The molecule has 0 radical (unpaired) electrons. The number of rotatable bonds is 12. The lowest BCUT2D eigenvalue weighted by molar-refractivity contribution is -0.159. The van der Waals surface area contributed by atoms with E-state index in [9.17, 15) is 34.2 Å². The zero-order valence-electron chi connectivity index (χ0n) is 27.2. The minimum Gasteiger partial charge on any atom is -0.479 e. The summed E-state index contributed by atoms with van der Waals surface area (Å²) in [6, 6.07) is 9.14. The molecule has 0 aliphatic heterocycles. The molecule has 0 heterocycles. The van der Waals surface area contributed by atoms with Crippen LogP contribution in [0.25, 0.3) is 0 Å². The zero-order valence-corrected chi connectivity index (χ0v) is 27.2. The van der Waals surface area contributed by atoms with Crippen molar-refractivity contribution in [2.75, 3.05) is 0 Å². The molecular weight excluding hydrogens is 586 g/mol. The molecule has 9 heteroatoms. The Morgan fingerprint density at radius 3 is 2.30 bits per heavy atom. The number of hydrogen-bond acceptors (Lipinski definition) is 6. The highest BCUT2D eigenvalue weighted by molar-refractivity contribution is 6.05. The molecule has 0 spiro atoms. The number of allylic oxidation sites excluding steroid dienone is 4. The lowest BCUT2D eigenvalue weighted by Crippen LogP contribution is -2.61. The third-order valence-corrected chi connectivity index (χ3v) is 11.7. The Morgan fingerprint density at radius 1 is 0.957 bits per heavy atom. The molecule has 4 aliphatic carbocycles. The standard InChI is InChI=1S/C37H47NO8/c1-4-36(5-2,25-12-7-6-8-13-25)46-34(45)38-37(32(41)42,33(43)44)20-10-9-11-24-22-35(3)29(18-19-30(35)40)28-16-14-23-21-26(39)15-17-27(23)31(24)28/h6-8,12-13,21,24,28-29H,4-5,9-11,14-20,22H2,1-3H3,(H,38,45)(H,41,42)(H,43,44)/t24-,28-,29-,35-/m0/s1. The maximum atomic E-state index is 13.2. The van der Waals surface area contributed by atoms with Crippen LogP contribution in [0.3, 0.4) is 0 Å². The Balaban J connectivity index is 1.33. The van der Waals surface area contributed by atoms with Gasteiger partial charge >= 0.3 is 18.0 Å². The van der Waals surface area contributed by atoms with E-state index in [1.54, 1.807) is 6.08 Å². The van der Waals surface area contributed by atoms with Crippen molar-refractivity contribution in [3.8, 4) is 0 Å². The minimum atomic E-state index is -2.55. The molecule has 3 N–H and O–H groups in total. The second-order valence-corrected chi connectivity index (χ2v) is 13.9. The number of carbonyl (C=O) groups excluding carboxylic acids is 3. The van der Waals surface area contributed by atoms with Crippen molar-refractivity contribution in [2.45, 2.75) is 115 Å². The van der Waals surface area contributed by atoms with Crippen molar-refractivity contribution in [3.63, 3.8) is 0 Å². The maximum Gasteiger partial charge on any atom is 0.409 e. The Bertz CT molecular complexity index is 1440. The van der Waals surface area contributed by atoms with Gasteiger partial charge in [-0.05, 0) is 105 Å². The second-order valence-electron chi connectivity index (χ2n) is 13.9. The number of benzene rings is 1. The number of ketones is 2. The molecule has 5 rings (SSSR count). The van der Waals surface area contributed by atoms with E-state index in [-0.39, 0.29) is 24.5 Å². The summed E-state index contributed by atoms with van der Waals surface area (Å²) < 4.78 is 5.81. The fourth-order valence-electron chi connectivity index (χ4n) is 9.10. The summed E-state index contributed by atoms with van der Waals surface area (Å²) in [5.41, 5.74) is 0.543. The number of ether oxygens (including phenoxy) is 1. The lowest BCUT2D eigenvalue weighted by atomic mass is 9.53. The summed E-state index contributed by atoms with van der Waals surface area (Å²) >= 11 is 0. The summed E-state index contributed by atoms with van der Waals surface area (Å²) in [5.74, 6) is -2.13. The molecule has 1 aromatic rings. The van der Waals surface area contributed by atoms with Gasteiger partial charge in [-0.1, -0.05) is 63.1 Å². The highest BCUT2D eigenvalue weighted by atomic mass is 16.6. The summed E-state index contributed by atoms with van der Waals surface area (Å²) in [6.07, 6.45) is 7.87. The number of unbranched alkanes of at least 4 members (excludes halogenated alkanes) is 1. The molecule has 248 valence electrons. The predicted molar refractivity (Wildman–Crippen MR) is 171 cm³/mol. The fourth-order valence-corrected chi connectivity index (χ4v) is 9.10. The molecule has 4 aliphatic rings. The van der Waals surface area contributed by atoms with Gasteiger partial charge in [0.1, 0.15) is 11.4 Å². The van der Waals surface area contributed by atoms with Gasteiger partial charge < -0.3 is 14.9 Å². The van der Waals surface area contributed by atoms with Crippen LogP contribution in [-0.2, 0) is 29.5 Å². The van der Waals surface area contributed by atoms with E-state index in [0.717, 1.165) is 43.2 Å². The molecule has 9 nitrogen and oxygen atoms in total. The highest BCUT2D eigenvalue weighted by Crippen LogP contribution is 2.61.